The molecule has 0 bridgehead atoms. The minimum Gasteiger partial charge on any atom is -0.443 e. The van der Waals surface area contributed by atoms with Crippen molar-refractivity contribution in [2.24, 2.45) is 0 Å². The molecule has 0 aliphatic rings. The number of halogens is 1. The lowest BCUT2D eigenvalue weighted by atomic mass is 10.1. The minimum atomic E-state index is -0.344. The van der Waals surface area contributed by atoms with Crippen LogP contribution >= 0.6 is 0 Å². The van der Waals surface area contributed by atoms with E-state index < -0.39 is 0 Å². The Balaban J connectivity index is 1.63. The molecule has 3 rings (SSSR count). The zero-order valence-electron chi connectivity index (χ0n) is 13.9. The number of oxazole rings is 1. The van der Waals surface area contributed by atoms with Gasteiger partial charge in [-0.3, -0.25) is 4.79 Å². The molecule has 2 aromatic carbocycles. The predicted octanol–water partition coefficient (Wildman–Crippen LogP) is 4.23. The molecular formula is C20H19FN2O2. The number of benzene rings is 2. The normalized spacial score (nSPS) is 11.9. The van der Waals surface area contributed by atoms with Crippen LogP contribution in [0.4, 0.5) is 4.39 Å². The Morgan fingerprint density at radius 3 is 2.60 bits per heavy atom. The third-order valence-corrected chi connectivity index (χ3v) is 3.98. The highest BCUT2D eigenvalue weighted by molar-refractivity contribution is 5.97. The van der Waals surface area contributed by atoms with E-state index in [2.05, 4.69) is 22.4 Å². The molecule has 5 heteroatoms. The van der Waals surface area contributed by atoms with E-state index in [9.17, 15) is 9.18 Å². The fourth-order valence-electron chi connectivity index (χ4n) is 2.61. The van der Waals surface area contributed by atoms with Crippen LogP contribution in [-0.2, 0) is 6.42 Å². The summed E-state index contributed by atoms with van der Waals surface area (Å²) in [6, 6.07) is 15.9. The van der Waals surface area contributed by atoms with Crippen LogP contribution in [0.1, 0.15) is 29.4 Å². The van der Waals surface area contributed by atoms with Crippen molar-refractivity contribution < 1.29 is 13.6 Å². The number of aryl methyl sites for hydroxylation is 1. The van der Waals surface area contributed by atoms with Gasteiger partial charge in [0.15, 0.2) is 17.8 Å². The average Bonchev–Trinajstić information content (AvgIpc) is 3.11. The van der Waals surface area contributed by atoms with Gasteiger partial charge in [0.25, 0.3) is 5.91 Å². The van der Waals surface area contributed by atoms with Crippen LogP contribution in [0, 0.1) is 5.82 Å². The van der Waals surface area contributed by atoms with Gasteiger partial charge in [-0.2, -0.15) is 0 Å². The first-order valence-electron chi connectivity index (χ1n) is 8.17. The zero-order chi connectivity index (χ0) is 17.6. The van der Waals surface area contributed by atoms with Crippen LogP contribution in [0.2, 0.25) is 0 Å². The monoisotopic (exact) mass is 338 g/mol. The minimum absolute atomic E-state index is 0.00882. The summed E-state index contributed by atoms with van der Waals surface area (Å²) >= 11 is 0. The van der Waals surface area contributed by atoms with E-state index in [1.54, 1.807) is 12.1 Å². The van der Waals surface area contributed by atoms with Gasteiger partial charge in [0.05, 0.1) is 0 Å². The fraction of sp³-hybridized carbons (Fsp3) is 0.200. The van der Waals surface area contributed by atoms with E-state index in [4.69, 9.17) is 4.42 Å². The molecule has 3 aromatic rings. The summed E-state index contributed by atoms with van der Waals surface area (Å²) in [6.07, 6.45) is 2.92. The van der Waals surface area contributed by atoms with Crippen molar-refractivity contribution in [1.29, 1.82) is 0 Å². The summed E-state index contributed by atoms with van der Waals surface area (Å²) in [4.78, 5) is 16.5. The molecule has 1 N–H and O–H groups in total. The van der Waals surface area contributed by atoms with Gasteiger partial charge < -0.3 is 9.73 Å². The largest absolute Gasteiger partial charge is 0.443 e. The summed E-state index contributed by atoms with van der Waals surface area (Å²) in [7, 11) is 0. The van der Waals surface area contributed by atoms with Crippen molar-refractivity contribution in [1.82, 2.24) is 10.3 Å². The zero-order valence-corrected chi connectivity index (χ0v) is 13.9. The van der Waals surface area contributed by atoms with Crippen molar-refractivity contribution >= 4 is 5.91 Å². The van der Waals surface area contributed by atoms with Gasteiger partial charge in [0.2, 0.25) is 0 Å². The first-order valence-corrected chi connectivity index (χ1v) is 8.17. The quantitative estimate of drug-likeness (QED) is 0.732. The van der Waals surface area contributed by atoms with Gasteiger partial charge in [-0.05, 0) is 49.6 Å². The Kier molecular flexibility index (Phi) is 5.23. The van der Waals surface area contributed by atoms with Crippen LogP contribution in [0.15, 0.2) is 65.4 Å². The number of hydrogen-bond donors (Lipinski definition) is 1. The summed E-state index contributed by atoms with van der Waals surface area (Å²) in [5, 5.41) is 2.94. The van der Waals surface area contributed by atoms with E-state index in [1.165, 1.54) is 24.1 Å². The summed E-state index contributed by atoms with van der Waals surface area (Å²) < 4.78 is 18.4. The van der Waals surface area contributed by atoms with Gasteiger partial charge in [-0.1, -0.05) is 30.3 Å². The predicted molar refractivity (Wildman–Crippen MR) is 93.6 cm³/mol. The lowest BCUT2D eigenvalue weighted by molar-refractivity contribution is 0.0934. The van der Waals surface area contributed by atoms with Crippen molar-refractivity contribution in [3.8, 4) is 11.3 Å². The van der Waals surface area contributed by atoms with Crippen LogP contribution in [0.5, 0.6) is 0 Å². The first-order chi connectivity index (χ1) is 12.1. The van der Waals surface area contributed by atoms with E-state index in [1.807, 2.05) is 25.1 Å². The number of nitrogens with zero attached hydrogens (tertiary/aromatic N) is 1. The number of hydrogen-bond acceptors (Lipinski definition) is 3. The Labute approximate surface area is 145 Å². The molecular weight excluding hydrogens is 319 g/mol. The third-order valence-electron chi connectivity index (χ3n) is 3.98. The number of aromatic nitrogens is 1. The van der Waals surface area contributed by atoms with E-state index in [0.29, 0.717) is 11.3 Å². The molecule has 0 aliphatic heterocycles. The highest BCUT2D eigenvalue weighted by Gasteiger charge is 2.19. The molecule has 1 amide bonds. The van der Waals surface area contributed by atoms with E-state index in [-0.39, 0.29) is 23.5 Å². The molecule has 0 saturated carbocycles. The Bertz CT molecular complexity index is 828. The number of carbonyl (C=O) groups excluding carboxylic acids is 1. The Morgan fingerprint density at radius 1 is 1.16 bits per heavy atom. The molecule has 1 heterocycles. The Morgan fingerprint density at radius 2 is 1.88 bits per heavy atom. The molecule has 0 radical (unpaired) electrons. The van der Waals surface area contributed by atoms with Gasteiger partial charge in [0.1, 0.15) is 5.82 Å². The van der Waals surface area contributed by atoms with E-state index >= 15 is 0 Å². The average molecular weight is 338 g/mol. The summed E-state index contributed by atoms with van der Waals surface area (Å²) in [6.45, 7) is 1.96. The molecule has 0 fully saturated rings. The van der Waals surface area contributed by atoms with Crippen molar-refractivity contribution in [3.05, 3.63) is 78.1 Å². The summed E-state index contributed by atoms with van der Waals surface area (Å²) in [5.41, 5.74) is 2.05. The lowest BCUT2D eigenvalue weighted by Gasteiger charge is -2.13. The second kappa shape index (κ2) is 7.75. The third kappa shape index (κ3) is 4.32. The Hall–Kier alpha value is -2.95. The number of nitrogens with one attached hydrogen (secondary N) is 1. The number of rotatable bonds is 6. The van der Waals surface area contributed by atoms with Gasteiger partial charge in [-0.25, -0.2) is 9.37 Å². The van der Waals surface area contributed by atoms with Gasteiger partial charge in [0, 0.05) is 11.6 Å². The van der Waals surface area contributed by atoms with Gasteiger partial charge >= 0.3 is 0 Å². The molecule has 0 spiro atoms. The SMILES string of the molecule is C[C@@H](CCc1ccccc1)NC(=O)c1ncoc1-c1ccc(F)cc1. The smallest absolute Gasteiger partial charge is 0.274 e. The van der Waals surface area contributed by atoms with Crippen LogP contribution in [0.25, 0.3) is 11.3 Å². The second-order valence-corrected chi connectivity index (χ2v) is 5.94. The maximum absolute atomic E-state index is 13.1. The highest BCUT2D eigenvalue weighted by Crippen LogP contribution is 2.23. The molecule has 1 aromatic heterocycles. The molecule has 128 valence electrons. The second-order valence-electron chi connectivity index (χ2n) is 5.94. The maximum Gasteiger partial charge on any atom is 0.274 e. The number of amides is 1. The molecule has 0 aliphatic carbocycles. The van der Waals surface area contributed by atoms with Crippen molar-refractivity contribution in [2.45, 2.75) is 25.8 Å². The van der Waals surface area contributed by atoms with Crippen molar-refractivity contribution in [3.63, 3.8) is 0 Å². The van der Waals surface area contributed by atoms with Crippen LogP contribution in [-0.4, -0.2) is 16.9 Å². The van der Waals surface area contributed by atoms with Crippen LogP contribution in [0.3, 0.4) is 0 Å². The van der Waals surface area contributed by atoms with E-state index in [0.717, 1.165) is 12.8 Å². The molecule has 1 atom stereocenters. The standard InChI is InChI=1S/C20H19FN2O2/c1-14(7-8-15-5-3-2-4-6-15)23-20(24)18-19(25-13-22-18)16-9-11-17(21)12-10-16/h2-6,9-14H,7-8H2,1H3,(H,23,24)/t14-/m0/s1. The highest BCUT2D eigenvalue weighted by atomic mass is 19.1. The lowest BCUT2D eigenvalue weighted by Crippen LogP contribution is -2.33. The first kappa shape index (κ1) is 16.9. The van der Waals surface area contributed by atoms with Crippen LogP contribution < -0.4 is 5.32 Å². The molecule has 4 nitrogen and oxygen atoms in total. The molecule has 0 saturated heterocycles. The maximum atomic E-state index is 13.1. The fourth-order valence-corrected chi connectivity index (χ4v) is 2.61. The summed E-state index contributed by atoms with van der Waals surface area (Å²) in [5.74, 6) is -0.301. The van der Waals surface area contributed by atoms with Crippen molar-refractivity contribution in [2.75, 3.05) is 0 Å². The topological polar surface area (TPSA) is 55.1 Å². The molecule has 0 unspecified atom stereocenters. The van der Waals surface area contributed by atoms with Gasteiger partial charge in [-0.15, -0.1) is 0 Å². The molecule has 25 heavy (non-hydrogen) atoms. The number of carbonyl (C=O) groups is 1.